The molecule has 6 heteroatoms. The second-order valence-electron chi connectivity index (χ2n) is 4.54. The summed E-state index contributed by atoms with van der Waals surface area (Å²) in [6, 6.07) is 5.54. The molecule has 0 saturated heterocycles. The van der Waals surface area contributed by atoms with Gasteiger partial charge < -0.3 is 5.32 Å². The SMILES string of the molecule is CC(=O)NCCN(c1cccc(C)c1C)S(C)(=O)=O. The monoisotopic (exact) mass is 284 g/mol. The molecule has 0 aromatic heterocycles. The largest absolute Gasteiger partial charge is 0.355 e. The third-order valence-corrected chi connectivity index (χ3v) is 4.11. The molecule has 0 spiro atoms. The summed E-state index contributed by atoms with van der Waals surface area (Å²) >= 11 is 0. The highest BCUT2D eigenvalue weighted by molar-refractivity contribution is 7.92. The summed E-state index contributed by atoms with van der Waals surface area (Å²) in [5.41, 5.74) is 2.62. The summed E-state index contributed by atoms with van der Waals surface area (Å²) in [5, 5.41) is 2.61. The van der Waals surface area contributed by atoms with Gasteiger partial charge in [-0.25, -0.2) is 8.42 Å². The Labute approximate surface area is 114 Å². The van der Waals surface area contributed by atoms with E-state index in [-0.39, 0.29) is 19.0 Å². The molecule has 0 unspecified atom stereocenters. The van der Waals surface area contributed by atoms with Crippen molar-refractivity contribution in [3.63, 3.8) is 0 Å². The fourth-order valence-electron chi connectivity index (χ4n) is 1.80. The van der Waals surface area contributed by atoms with Gasteiger partial charge in [-0.15, -0.1) is 0 Å². The third-order valence-electron chi connectivity index (χ3n) is 2.93. The molecule has 1 N–H and O–H groups in total. The van der Waals surface area contributed by atoms with E-state index in [0.29, 0.717) is 5.69 Å². The zero-order valence-corrected chi connectivity index (χ0v) is 12.5. The van der Waals surface area contributed by atoms with E-state index in [9.17, 15) is 13.2 Å². The molecule has 0 atom stereocenters. The van der Waals surface area contributed by atoms with E-state index in [1.165, 1.54) is 17.5 Å². The molecule has 19 heavy (non-hydrogen) atoms. The number of anilines is 1. The lowest BCUT2D eigenvalue weighted by Gasteiger charge is -2.25. The van der Waals surface area contributed by atoms with Crippen molar-refractivity contribution in [2.45, 2.75) is 20.8 Å². The first-order valence-electron chi connectivity index (χ1n) is 6.02. The van der Waals surface area contributed by atoms with Gasteiger partial charge in [0.15, 0.2) is 0 Å². The molecular formula is C13H20N2O3S. The van der Waals surface area contributed by atoms with Crippen LogP contribution in [0.1, 0.15) is 18.1 Å². The van der Waals surface area contributed by atoms with Crippen LogP contribution in [-0.4, -0.2) is 33.7 Å². The Morgan fingerprint density at radius 2 is 1.95 bits per heavy atom. The number of carbonyl (C=O) groups is 1. The normalized spacial score (nSPS) is 11.2. The summed E-state index contributed by atoms with van der Waals surface area (Å²) in [6.07, 6.45) is 1.17. The van der Waals surface area contributed by atoms with Crippen molar-refractivity contribution in [3.05, 3.63) is 29.3 Å². The van der Waals surface area contributed by atoms with Gasteiger partial charge in [-0.2, -0.15) is 0 Å². The van der Waals surface area contributed by atoms with E-state index in [1.54, 1.807) is 6.07 Å². The average molecular weight is 284 g/mol. The van der Waals surface area contributed by atoms with Crippen LogP contribution in [0.25, 0.3) is 0 Å². The molecule has 1 rings (SSSR count). The van der Waals surface area contributed by atoms with Crippen LogP contribution in [0, 0.1) is 13.8 Å². The van der Waals surface area contributed by atoms with E-state index in [4.69, 9.17) is 0 Å². The van der Waals surface area contributed by atoms with Crippen LogP contribution in [0.5, 0.6) is 0 Å². The summed E-state index contributed by atoms with van der Waals surface area (Å²) in [4.78, 5) is 10.9. The number of aryl methyl sites for hydroxylation is 1. The minimum absolute atomic E-state index is 0.172. The van der Waals surface area contributed by atoms with Crippen LogP contribution < -0.4 is 9.62 Å². The molecule has 0 aliphatic rings. The number of carbonyl (C=O) groups excluding carboxylic acids is 1. The number of nitrogens with one attached hydrogen (secondary N) is 1. The Morgan fingerprint density at radius 1 is 1.32 bits per heavy atom. The van der Waals surface area contributed by atoms with Crippen molar-refractivity contribution in [1.82, 2.24) is 5.32 Å². The Bertz CT molecular complexity index is 567. The second kappa shape index (κ2) is 6.06. The first-order chi connectivity index (χ1) is 8.73. The predicted octanol–water partition coefficient (Wildman–Crippen LogP) is 1.21. The minimum Gasteiger partial charge on any atom is -0.355 e. The Hall–Kier alpha value is -1.56. The number of benzene rings is 1. The Morgan fingerprint density at radius 3 is 2.47 bits per heavy atom. The van der Waals surface area contributed by atoms with Crippen molar-refractivity contribution < 1.29 is 13.2 Å². The quantitative estimate of drug-likeness (QED) is 0.883. The van der Waals surface area contributed by atoms with Crippen LogP contribution in [0.3, 0.4) is 0 Å². The first-order valence-corrected chi connectivity index (χ1v) is 7.86. The Kier molecular flexibility index (Phi) is 4.94. The van der Waals surface area contributed by atoms with Crippen molar-refractivity contribution >= 4 is 21.6 Å². The van der Waals surface area contributed by atoms with Crippen LogP contribution in [0.4, 0.5) is 5.69 Å². The molecule has 106 valence electrons. The maximum Gasteiger partial charge on any atom is 0.232 e. The molecule has 5 nitrogen and oxygen atoms in total. The van der Waals surface area contributed by atoms with Gasteiger partial charge in [-0.3, -0.25) is 9.10 Å². The summed E-state index contributed by atoms with van der Waals surface area (Å²) in [6.45, 7) is 5.75. The van der Waals surface area contributed by atoms with Gasteiger partial charge in [0.05, 0.1) is 18.5 Å². The molecule has 0 saturated carbocycles. The van der Waals surface area contributed by atoms with Crippen LogP contribution in [0.15, 0.2) is 18.2 Å². The molecule has 0 aliphatic heterocycles. The molecule has 1 aromatic rings. The molecule has 0 bridgehead atoms. The molecule has 0 fully saturated rings. The van der Waals surface area contributed by atoms with E-state index >= 15 is 0 Å². The lowest BCUT2D eigenvalue weighted by Crippen LogP contribution is -2.38. The fourth-order valence-corrected chi connectivity index (χ4v) is 2.78. The zero-order valence-electron chi connectivity index (χ0n) is 11.7. The van der Waals surface area contributed by atoms with Gasteiger partial charge in [0.2, 0.25) is 15.9 Å². The second-order valence-corrected chi connectivity index (χ2v) is 6.44. The maximum atomic E-state index is 11.9. The molecule has 1 amide bonds. The molecule has 0 radical (unpaired) electrons. The topological polar surface area (TPSA) is 66.5 Å². The summed E-state index contributed by atoms with van der Waals surface area (Å²) in [5.74, 6) is -0.172. The van der Waals surface area contributed by atoms with Crippen LogP contribution in [-0.2, 0) is 14.8 Å². The standard InChI is InChI=1S/C13H20N2O3S/c1-10-6-5-7-13(11(10)2)15(19(4,17)18)9-8-14-12(3)16/h5-7H,8-9H2,1-4H3,(H,14,16). The highest BCUT2D eigenvalue weighted by Crippen LogP contribution is 2.24. The molecule has 0 heterocycles. The number of hydrogen-bond acceptors (Lipinski definition) is 3. The highest BCUT2D eigenvalue weighted by atomic mass is 32.2. The number of amides is 1. The number of rotatable bonds is 5. The number of hydrogen-bond donors (Lipinski definition) is 1. The van der Waals surface area contributed by atoms with Crippen molar-refractivity contribution in [3.8, 4) is 0 Å². The minimum atomic E-state index is -3.37. The lowest BCUT2D eigenvalue weighted by molar-refractivity contribution is -0.118. The number of sulfonamides is 1. The van der Waals surface area contributed by atoms with Gasteiger partial charge >= 0.3 is 0 Å². The number of nitrogens with zero attached hydrogens (tertiary/aromatic N) is 1. The molecule has 1 aromatic carbocycles. The molecule has 0 aliphatic carbocycles. The fraction of sp³-hybridized carbons (Fsp3) is 0.462. The van der Waals surface area contributed by atoms with Crippen LogP contribution >= 0.6 is 0 Å². The van der Waals surface area contributed by atoms with Crippen molar-refractivity contribution in [1.29, 1.82) is 0 Å². The van der Waals surface area contributed by atoms with Gasteiger partial charge in [0, 0.05) is 13.5 Å². The first kappa shape index (κ1) is 15.5. The van der Waals surface area contributed by atoms with E-state index in [1.807, 2.05) is 26.0 Å². The van der Waals surface area contributed by atoms with Gasteiger partial charge in [0.25, 0.3) is 0 Å². The van der Waals surface area contributed by atoms with E-state index in [0.717, 1.165) is 11.1 Å². The van der Waals surface area contributed by atoms with E-state index in [2.05, 4.69) is 5.32 Å². The van der Waals surface area contributed by atoms with Crippen molar-refractivity contribution in [2.24, 2.45) is 0 Å². The third kappa shape index (κ3) is 4.24. The molecular weight excluding hydrogens is 264 g/mol. The predicted molar refractivity (Wildman–Crippen MR) is 76.8 cm³/mol. The smallest absolute Gasteiger partial charge is 0.232 e. The average Bonchev–Trinajstić information content (AvgIpc) is 2.27. The van der Waals surface area contributed by atoms with E-state index < -0.39 is 10.0 Å². The summed E-state index contributed by atoms with van der Waals surface area (Å²) in [7, 11) is -3.37. The summed E-state index contributed by atoms with van der Waals surface area (Å²) < 4.78 is 25.1. The van der Waals surface area contributed by atoms with Gasteiger partial charge in [0.1, 0.15) is 0 Å². The maximum absolute atomic E-state index is 11.9. The van der Waals surface area contributed by atoms with Crippen LogP contribution in [0.2, 0.25) is 0 Å². The Balaban J connectivity index is 3.04. The van der Waals surface area contributed by atoms with Gasteiger partial charge in [-0.05, 0) is 31.0 Å². The van der Waals surface area contributed by atoms with Crippen molar-refractivity contribution in [2.75, 3.05) is 23.7 Å². The highest BCUT2D eigenvalue weighted by Gasteiger charge is 2.19. The van der Waals surface area contributed by atoms with Gasteiger partial charge in [-0.1, -0.05) is 12.1 Å². The zero-order chi connectivity index (χ0) is 14.6. The lowest BCUT2D eigenvalue weighted by atomic mass is 10.1.